The Labute approximate surface area is 110 Å². The summed E-state index contributed by atoms with van der Waals surface area (Å²) in [7, 11) is 0. The summed E-state index contributed by atoms with van der Waals surface area (Å²) in [6.07, 6.45) is 6.86. The number of aliphatic carboxylic acids is 1. The highest BCUT2D eigenvalue weighted by Crippen LogP contribution is 2.43. The number of carboxylic acids is 1. The Balaban J connectivity index is 2.05. The lowest BCUT2D eigenvalue weighted by Crippen LogP contribution is -2.23. The maximum absolute atomic E-state index is 11.0. The van der Waals surface area contributed by atoms with Crippen molar-refractivity contribution in [2.75, 3.05) is 6.26 Å². The number of hydrogen-bond acceptors (Lipinski definition) is 5. The van der Waals surface area contributed by atoms with Crippen molar-refractivity contribution in [3.8, 4) is 0 Å². The molecule has 2 rings (SSSR count). The van der Waals surface area contributed by atoms with Crippen LogP contribution in [-0.4, -0.2) is 27.5 Å². The first-order valence-electron chi connectivity index (χ1n) is 6.15. The number of carbonyl (C=O) groups is 1. The lowest BCUT2D eigenvalue weighted by molar-refractivity contribution is -0.139. The molecule has 1 aliphatic carbocycles. The minimum absolute atomic E-state index is 0.172. The summed E-state index contributed by atoms with van der Waals surface area (Å²) in [5.74, 6) is 1.18. The van der Waals surface area contributed by atoms with Crippen molar-refractivity contribution in [1.29, 1.82) is 0 Å². The highest BCUT2D eigenvalue weighted by Gasteiger charge is 2.37. The van der Waals surface area contributed by atoms with Crippen molar-refractivity contribution in [3.05, 3.63) is 11.8 Å². The molecule has 1 aromatic rings. The number of hydrogen-bond donors (Lipinski definition) is 1. The van der Waals surface area contributed by atoms with Gasteiger partial charge in [0.15, 0.2) is 0 Å². The van der Waals surface area contributed by atoms with Crippen LogP contribution in [0.3, 0.4) is 0 Å². The van der Waals surface area contributed by atoms with Crippen molar-refractivity contribution in [2.24, 2.45) is 5.41 Å². The maximum Gasteiger partial charge on any atom is 0.303 e. The van der Waals surface area contributed by atoms with Gasteiger partial charge in [-0.15, -0.1) is 10.2 Å². The zero-order valence-corrected chi connectivity index (χ0v) is 11.3. The van der Waals surface area contributed by atoms with Crippen LogP contribution in [0.4, 0.5) is 0 Å². The van der Waals surface area contributed by atoms with Crippen LogP contribution < -0.4 is 0 Å². The second-order valence-corrected chi connectivity index (χ2v) is 5.84. The number of carboxylic acid groups (broad SMARTS) is 1. The van der Waals surface area contributed by atoms with Crippen LogP contribution in [-0.2, 0) is 17.0 Å². The molecule has 0 aromatic carbocycles. The first kappa shape index (κ1) is 13.4. The molecule has 1 saturated carbocycles. The first-order chi connectivity index (χ1) is 8.63. The highest BCUT2D eigenvalue weighted by atomic mass is 32.2. The average molecular weight is 270 g/mol. The predicted molar refractivity (Wildman–Crippen MR) is 68.4 cm³/mol. The molecule has 0 amide bonds. The summed E-state index contributed by atoms with van der Waals surface area (Å²) in [5, 5.41) is 17.0. The van der Waals surface area contributed by atoms with E-state index in [4.69, 9.17) is 9.52 Å². The molecule has 5 nitrogen and oxygen atoms in total. The summed E-state index contributed by atoms with van der Waals surface area (Å²) in [5.41, 5.74) is -0.172. The molecule has 0 radical (unpaired) electrons. The van der Waals surface area contributed by atoms with Crippen molar-refractivity contribution < 1.29 is 14.3 Å². The van der Waals surface area contributed by atoms with Crippen molar-refractivity contribution in [1.82, 2.24) is 10.2 Å². The monoisotopic (exact) mass is 270 g/mol. The van der Waals surface area contributed by atoms with Crippen LogP contribution in [0, 0.1) is 5.41 Å². The third kappa shape index (κ3) is 3.25. The van der Waals surface area contributed by atoms with E-state index in [1.807, 2.05) is 6.26 Å². The Morgan fingerprint density at radius 3 is 2.67 bits per heavy atom. The molecule has 0 spiro atoms. The van der Waals surface area contributed by atoms with Crippen LogP contribution in [0.25, 0.3) is 0 Å². The van der Waals surface area contributed by atoms with Crippen molar-refractivity contribution in [3.63, 3.8) is 0 Å². The summed E-state index contributed by atoms with van der Waals surface area (Å²) >= 11 is 1.63. The van der Waals surface area contributed by atoms with Gasteiger partial charge in [0.25, 0.3) is 0 Å². The van der Waals surface area contributed by atoms with Crippen LogP contribution in [0.15, 0.2) is 4.42 Å². The van der Waals surface area contributed by atoms with Gasteiger partial charge in [-0.1, -0.05) is 12.8 Å². The van der Waals surface area contributed by atoms with Gasteiger partial charge in [0, 0.05) is 6.42 Å². The van der Waals surface area contributed by atoms with E-state index in [0.717, 1.165) is 25.7 Å². The van der Waals surface area contributed by atoms with E-state index in [9.17, 15) is 4.79 Å². The molecular formula is C12H18N2O3S. The molecule has 0 atom stereocenters. The fourth-order valence-corrected chi connectivity index (χ4v) is 3.09. The van der Waals surface area contributed by atoms with Crippen LogP contribution in [0.5, 0.6) is 0 Å². The van der Waals surface area contributed by atoms with Gasteiger partial charge in [-0.25, -0.2) is 0 Å². The molecule has 0 saturated heterocycles. The first-order valence-corrected chi connectivity index (χ1v) is 7.55. The number of nitrogens with zero attached hydrogens (tertiary/aromatic N) is 2. The number of aromatic nitrogens is 2. The number of rotatable bonds is 6. The van der Waals surface area contributed by atoms with Gasteiger partial charge in [-0.05, 0) is 24.5 Å². The zero-order valence-electron chi connectivity index (χ0n) is 10.5. The zero-order chi connectivity index (χ0) is 13.0. The van der Waals surface area contributed by atoms with Gasteiger partial charge < -0.3 is 9.52 Å². The van der Waals surface area contributed by atoms with Crippen LogP contribution in [0.1, 0.15) is 43.9 Å². The lowest BCUT2D eigenvalue weighted by Gasteiger charge is -2.24. The summed E-state index contributed by atoms with van der Waals surface area (Å²) in [4.78, 5) is 11.0. The maximum atomic E-state index is 11.0. The van der Waals surface area contributed by atoms with E-state index in [1.165, 1.54) is 0 Å². The molecule has 1 heterocycles. The van der Waals surface area contributed by atoms with E-state index in [-0.39, 0.29) is 11.8 Å². The molecule has 0 unspecified atom stereocenters. The molecule has 100 valence electrons. The Kier molecular flexibility index (Phi) is 4.27. The molecule has 0 bridgehead atoms. The van der Waals surface area contributed by atoms with Gasteiger partial charge in [0.05, 0.1) is 12.2 Å². The van der Waals surface area contributed by atoms with E-state index in [2.05, 4.69) is 10.2 Å². The Morgan fingerprint density at radius 1 is 1.39 bits per heavy atom. The molecule has 1 N–H and O–H groups in total. The predicted octanol–water partition coefficient (Wildman–Crippen LogP) is 2.51. The van der Waals surface area contributed by atoms with E-state index in [1.54, 1.807) is 11.8 Å². The smallest absolute Gasteiger partial charge is 0.303 e. The molecule has 18 heavy (non-hydrogen) atoms. The van der Waals surface area contributed by atoms with Gasteiger partial charge in [0.2, 0.25) is 11.8 Å². The largest absolute Gasteiger partial charge is 0.481 e. The Morgan fingerprint density at radius 2 is 2.06 bits per heavy atom. The van der Waals surface area contributed by atoms with E-state index >= 15 is 0 Å². The Bertz CT molecular complexity index is 413. The van der Waals surface area contributed by atoms with Crippen LogP contribution in [0.2, 0.25) is 0 Å². The third-order valence-electron chi connectivity index (χ3n) is 3.49. The molecule has 1 aromatic heterocycles. The van der Waals surface area contributed by atoms with E-state index < -0.39 is 5.97 Å². The van der Waals surface area contributed by atoms with Crippen molar-refractivity contribution in [2.45, 2.75) is 44.3 Å². The topological polar surface area (TPSA) is 76.2 Å². The summed E-state index contributed by atoms with van der Waals surface area (Å²) < 4.78 is 5.56. The SMILES string of the molecule is CSCc1nnc(CC2(CC(=O)O)CCCC2)o1. The molecule has 1 fully saturated rings. The van der Waals surface area contributed by atoms with Gasteiger partial charge in [-0.2, -0.15) is 11.8 Å². The average Bonchev–Trinajstić information content (AvgIpc) is 2.89. The third-order valence-corrected chi connectivity index (χ3v) is 4.03. The fraction of sp³-hybridized carbons (Fsp3) is 0.750. The minimum Gasteiger partial charge on any atom is -0.481 e. The highest BCUT2D eigenvalue weighted by molar-refractivity contribution is 7.97. The standard InChI is InChI=1S/C12H18N2O3S/c1-18-8-10-14-13-9(17-10)6-12(7-11(15)16)4-2-3-5-12/h2-8H2,1H3,(H,15,16). The molecular weight excluding hydrogens is 252 g/mol. The normalized spacial score (nSPS) is 18.1. The quantitative estimate of drug-likeness (QED) is 0.856. The summed E-state index contributed by atoms with van der Waals surface area (Å²) in [6, 6.07) is 0. The number of thioether (sulfide) groups is 1. The van der Waals surface area contributed by atoms with Gasteiger partial charge in [-0.3, -0.25) is 4.79 Å². The van der Waals surface area contributed by atoms with Crippen LogP contribution >= 0.6 is 11.8 Å². The van der Waals surface area contributed by atoms with E-state index in [0.29, 0.717) is 24.0 Å². The van der Waals surface area contributed by atoms with Gasteiger partial charge in [0.1, 0.15) is 0 Å². The fourth-order valence-electron chi connectivity index (χ4n) is 2.72. The molecule has 0 aliphatic heterocycles. The second kappa shape index (κ2) is 5.73. The molecule has 6 heteroatoms. The molecule has 1 aliphatic rings. The van der Waals surface area contributed by atoms with Gasteiger partial charge >= 0.3 is 5.97 Å². The Hall–Kier alpha value is -1.04. The second-order valence-electron chi connectivity index (χ2n) is 4.98. The lowest BCUT2D eigenvalue weighted by atomic mass is 9.79. The summed E-state index contributed by atoms with van der Waals surface area (Å²) in [6.45, 7) is 0. The minimum atomic E-state index is -0.735. The van der Waals surface area contributed by atoms with Crippen molar-refractivity contribution >= 4 is 17.7 Å².